The van der Waals surface area contributed by atoms with E-state index in [2.05, 4.69) is 28.7 Å². The summed E-state index contributed by atoms with van der Waals surface area (Å²) in [4.78, 5) is 10.7. The summed E-state index contributed by atoms with van der Waals surface area (Å²) in [5, 5.41) is 0.278. The van der Waals surface area contributed by atoms with Gasteiger partial charge in [0.2, 0.25) is 5.28 Å². The minimum atomic E-state index is 0.278. The van der Waals surface area contributed by atoms with Gasteiger partial charge in [-0.2, -0.15) is 4.98 Å². The molecule has 0 amide bonds. The largest absolute Gasteiger partial charge is 0.394 e. The fourth-order valence-electron chi connectivity index (χ4n) is 2.58. The molecule has 1 saturated heterocycles. The van der Waals surface area contributed by atoms with Crippen molar-refractivity contribution >= 4 is 23.1 Å². The first kappa shape index (κ1) is 12.4. The van der Waals surface area contributed by atoms with E-state index in [9.17, 15) is 0 Å². The van der Waals surface area contributed by atoms with Crippen molar-refractivity contribution in [2.75, 3.05) is 10.6 Å². The highest BCUT2D eigenvalue weighted by Crippen LogP contribution is 2.35. The molecule has 0 radical (unpaired) electrons. The predicted molar refractivity (Wildman–Crippen MR) is 71.4 cm³/mol. The number of hydrogen-bond donors (Lipinski definition) is 1. The zero-order valence-electron chi connectivity index (χ0n) is 10.6. The fourth-order valence-corrected chi connectivity index (χ4v) is 2.79. The van der Waals surface area contributed by atoms with Crippen LogP contribution in [0.25, 0.3) is 0 Å². The lowest BCUT2D eigenvalue weighted by molar-refractivity contribution is 0.621. The molecule has 0 bridgehead atoms. The van der Waals surface area contributed by atoms with Gasteiger partial charge in [0.25, 0.3) is 0 Å². The molecule has 2 N–H and O–H groups in total. The van der Waals surface area contributed by atoms with E-state index in [1.165, 1.54) is 12.8 Å². The molecule has 0 aliphatic carbocycles. The van der Waals surface area contributed by atoms with Gasteiger partial charge in [0.15, 0.2) is 5.82 Å². The lowest BCUT2D eigenvalue weighted by Crippen LogP contribution is -2.35. The summed E-state index contributed by atoms with van der Waals surface area (Å²) in [5.41, 5.74) is 7.50. The lowest BCUT2D eigenvalue weighted by atomic mass is 10.1. The van der Waals surface area contributed by atoms with Gasteiger partial charge in [-0.25, -0.2) is 4.98 Å². The van der Waals surface area contributed by atoms with Crippen molar-refractivity contribution < 1.29 is 0 Å². The van der Waals surface area contributed by atoms with Gasteiger partial charge in [-0.1, -0.05) is 6.92 Å². The maximum atomic E-state index is 6.09. The first-order valence-electron chi connectivity index (χ1n) is 6.12. The Morgan fingerprint density at radius 3 is 2.76 bits per heavy atom. The molecule has 0 aromatic carbocycles. The van der Waals surface area contributed by atoms with Crippen LogP contribution in [-0.4, -0.2) is 22.1 Å². The van der Waals surface area contributed by atoms with E-state index >= 15 is 0 Å². The first-order valence-corrected chi connectivity index (χ1v) is 6.50. The third kappa shape index (κ3) is 2.18. The van der Waals surface area contributed by atoms with E-state index in [-0.39, 0.29) is 5.28 Å². The Labute approximate surface area is 107 Å². The minimum Gasteiger partial charge on any atom is -0.394 e. The summed E-state index contributed by atoms with van der Waals surface area (Å²) in [7, 11) is 0. The highest BCUT2D eigenvalue weighted by molar-refractivity contribution is 6.28. The summed E-state index contributed by atoms with van der Waals surface area (Å²) < 4.78 is 0. The second-order valence-electron chi connectivity index (χ2n) is 4.71. The summed E-state index contributed by atoms with van der Waals surface area (Å²) >= 11 is 5.93. The molecule has 5 heteroatoms. The molecule has 4 nitrogen and oxygen atoms in total. The van der Waals surface area contributed by atoms with Crippen LogP contribution >= 0.6 is 11.6 Å². The normalized spacial score (nSPS) is 24.4. The van der Waals surface area contributed by atoms with Gasteiger partial charge in [-0.3, -0.25) is 0 Å². The molecule has 2 heterocycles. The monoisotopic (exact) mass is 254 g/mol. The van der Waals surface area contributed by atoms with Crippen molar-refractivity contribution in [1.82, 2.24) is 9.97 Å². The average molecular weight is 255 g/mol. The number of nitrogens with zero attached hydrogens (tertiary/aromatic N) is 3. The quantitative estimate of drug-likeness (QED) is 0.825. The van der Waals surface area contributed by atoms with Gasteiger partial charge in [0, 0.05) is 12.1 Å². The average Bonchev–Trinajstić information content (AvgIpc) is 2.65. The molecule has 1 aromatic rings. The Morgan fingerprint density at radius 1 is 1.41 bits per heavy atom. The van der Waals surface area contributed by atoms with E-state index < -0.39 is 0 Å². The smallest absolute Gasteiger partial charge is 0.224 e. The van der Waals surface area contributed by atoms with Gasteiger partial charge in [-0.05, 0) is 44.7 Å². The van der Waals surface area contributed by atoms with Gasteiger partial charge >= 0.3 is 0 Å². The van der Waals surface area contributed by atoms with Crippen LogP contribution in [-0.2, 0) is 0 Å². The van der Waals surface area contributed by atoms with E-state index in [0.717, 1.165) is 17.9 Å². The van der Waals surface area contributed by atoms with Crippen LogP contribution in [0.4, 0.5) is 11.5 Å². The third-order valence-corrected chi connectivity index (χ3v) is 3.76. The van der Waals surface area contributed by atoms with Gasteiger partial charge in [-0.15, -0.1) is 0 Å². The number of aryl methyl sites for hydroxylation is 1. The van der Waals surface area contributed by atoms with Crippen molar-refractivity contribution in [3.8, 4) is 0 Å². The van der Waals surface area contributed by atoms with Crippen LogP contribution in [0.15, 0.2) is 0 Å². The predicted octanol–water partition coefficient (Wildman–Crippen LogP) is 2.79. The van der Waals surface area contributed by atoms with Crippen LogP contribution in [0.5, 0.6) is 0 Å². The molecular weight excluding hydrogens is 236 g/mol. The number of nitrogen functional groups attached to an aromatic ring is 1. The van der Waals surface area contributed by atoms with E-state index in [4.69, 9.17) is 17.3 Å². The second-order valence-corrected chi connectivity index (χ2v) is 5.05. The number of hydrogen-bond acceptors (Lipinski definition) is 4. The Balaban J connectivity index is 2.45. The number of halogens is 1. The van der Waals surface area contributed by atoms with Crippen molar-refractivity contribution in [3.63, 3.8) is 0 Å². The maximum Gasteiger partial charge on any atom is 0.224 e. The van der Waals surface area contributed by atoms with E-state index in [0.29, 0.717) is 17.8 Å². The standard InChI is InChI=1S/C12H19ClN4/c1-4-9-6-5-7(2)17(9)11-10(14)8(3)15-12(13)16-11/h7,9H,4-6,14H2,1-3H3. The summed E-state index contributed by atoms with van der Waals surface area (Å²) in [6.45, 7) is 6.27. The molecule has 1 aliphatic rings. The molecular formula is C12H19ClN4. The van der Waals surface area contributed by atoms with Gasteiger partial charge < -0.3 is 10.6 Å². The van der Waals surface area contributed by atoms with Gasteiger partial charge in [0.1, 0.15) is 0 Å². The molecule has 1 aliphatic heterocycles. The lowest BCUT2D eigenvalue weighted by Gasteiger charge is -2.30. The van der Waals surface area contributed by atoms with Crippen LogP contribution in [0.2, 0.25) is 5.28 Å². The third-order valence-electron chi connectivity index (χ3n) is 3.59. The molecule has 0 saturated carbocycles. The van der Waals surface area contributed by atoms with E-state index in [1.807, 2.05) is 6.92 Å². The number of rotatable bonds is 2. The number of anilines is 2. The van der Waals surface area contributed by atoms with Crippen LogP contribution in [0.3, 0.4) is 0 Å². The molecule has 0 spiro atoms. The minimum absolute atomic E-state index is 0.278. The molecule has 1 aromatic heterocycles. The Hall–Kier alpha value is -1.03. The van der Waals surface area contributed by atoms with Crippen LogP contribution in [0, 0.1) is 6.92 Å². The molecule has 2 atom stereocenters. The molecule has 2 unspecified atom stereocenters. The molecule has 1 fully saturated rings. The summed E-state index contributed by atoms with van der Waals surface area (Å²) in [5.74, 6) is 0.805. The highest BCUT2D eigenvalue weighted by atomic mass is 35.5. The van der Waals surface area contributed by atoms with Crippen molar-refractivity contribution in [3.05, 3.63) is 11.0 Å². The van der Waals surface area contributed by atoms with Gasteiger partial charge in [0.05, 0.1) is 11.4 Å². The maximum absolute atomic E-state index is 6.09. The van der Waals surface area contributed by atoms with Crippen molar-refractivity contribution in [2.45, 2.75) is 52.1 Å². The summed E-state index contributed by atoms with van der Waals surface area (Å²) in [6, 6.07) is 0.977. The van der Waals surface area contributed by atoms with Crippen molar-refractivity contribution in [2.24, 2.45) is 0 Å². The van der Waals surface area contributed by atoms with E-state index in [1.54, 1.807) is 0 Å². The van der Waals surface area contributed by atoms with Crippen molar-refractivity contribution in [1.29, 1.82) is 0 Å². The highest BCUT2D eigenvalue weighted by Gasteiger charge is 2.32. The molecule has 17 heavy (non-hydrogen) atoms. The SMILES string of the molecule is CCC1CCC(C)N1c1nc(Cl)nc(C)c1N. The fraction of sp³-hybridized carbons (Fsp3) is 0.667. The number of nitrogens with two attached hydrogens (primary N) is 1. The Morgan fingerprint density at radius 2 is 2.12 bits per heavy atom. The second kappa shape index (κ2) is 4.69. The Kier molecular flexibility index (Phi) is 3.43. The topological polar surface area (TPSA) is 55.0 Å². The summed E-state index contributed by atoms with van der Waals surface area (Å²) in [6.07, 6.45) is 3.47. The van der Waals surface area contributed by atoms with Crippen LogP contribution < -0.4 is 10.6 Å². The number of aromatic nitrogens is 2. The first-order chi connectivity index (χ1) is 8.04. The molecule has 2 rings (SSSR count). The zero-order valence-corrected chi connectivity index (χ0v) is 11.3. The molecule has 94 valence electrons. The Bertz CT molecular complexity index is 421. The zero-order chi connectivity index (χ0) is 12.6. The van der Waals surface area contributed by atoms with Crippen LogP contribution in [0.1, 0.15) is 38.8 Å².